The van der Waals surface area contributed by atoms with E-state index in [1.54, 1.807) is 24.6 Å². The van der Waals surface area contributed by atoms with Gasteiger partial charge in [0.15, 0.2) is 0 Å². The number of thiophene rings is 2. The van der Waals surface area contributed by atoms with Crippen molar-refractivity contribution in [3.05, 3.63) is 99.3 Å². The fraction of sp³-hybridized carbons (Fsp3) is 0.462. The van der Waals surface area contributed by atoms with Gasteiger partial charge in [-0.3, -0.25) is 4.79 Å². The third-order valence-corrected chi connectivity index (χ3v) is 15.2. The number of methoxy groups -OCH3 is 1. The molecule has 0 aliphatic heterocycles. The minimum atomic E-state index is -3.86. The fourth-order valence-corrected chi connectivity index (χ4v) is 11.6. The average Bonchev–Trinajstić information content (AvgIpc) is 3.83. The van der Waals surface area contributed by atoms with Gasteiger partial charge in [0.05, 0.1) is 16.6 Å². The van der Waals surface area contributed by atoms with Crippen molar-refractivity contribution < 1.29 is 28.2 Å². The maximum Gasteiger partial charge on any atom is 0.252 e. The standard InChI is InChI=1S/C39H47NO6S3/c1-27-9-6-18-38(2)33(17-19-39(38,43)26-40(20-8-21-46-3)49(44,45)36-12-7-22-47-36)31-16-14-28(23-30(41)15-13-27)24-32(31)37(42)35-25-29-10-4-5-11-34(29)48-35/h4-5,7,9-12,14,16,22,24-25,30,33,41,43H,6,8,13,15,17-21,23,26H2,1-3H3/t30-,33-,38-,39+/m0/s1. The molecule has 0 radical (unpaired) electrons. The number of carbonyl (C=O) groups is 1. The molecule has 7 nitrogen and oxygen atoms in total. The highest BCUT2D eigenvalue weighted by molar-refractivity contribution is 7.91. The Morgan fingerprint density at radius 3 is 2.65 bits per heavy atom. The molecule has 1 saturated carbocycles. The van der Waals surface area contributed by atoms with Gasteiger partial charge < -0.3 is 14.9 Å². The third kappa shape index (κ3) is 7.38. The molecule has 2 aromatic heterocycles. The molecule has 2 N–H and O–H groups in total. The molecule has 4 atom stereocenters. The SMILES string of the molecule is COCCCN(C[C@]1(O)CC[C@H]2c3ccc(cc3C(=O)c3cc4ccccc4s3)C[C@@H](O)CCC(C)=CCC[C@@]21C)S(=O)(=O)c1cccs1. The monoisotopic (exact) mass is 721 g/mol. The van der Waals surface area contributed by atoms with Gasteiger partial charge in [0.25, 0.3) is 10.0 Å². The Balaban J connectivity index is 1.45. The highest BCUT2D eigenvalue weighted by atomic mass is 32.2. The van der Waals surface area contributed by atoms with Crippen LogP contribution in [0.4, 0.5) is 0 Å². The number of hydrogen-bond donors (Lipinski definition) is 2. The zero-order valence-corrected chi connectivity index (χ0v) is 31.0. The van der Waals surface area contributed by atoms with Crippen molar-refractivity contribution in [1.29, 1.82) is 0 Å². The first-order chi connectivity index (χ1) is 23.4. The number of allylic oxidation sites excluding steroid dienone is 2. The number of hydrogen-bond acceptors (Lipinski definition) is 8. The Morgan fingerprint density at radius 1 is 1.08 bits per heavy atom. The van der Waals surface area contributed by atoms with Gasteiger partial charge in [-0.25, -0.2) is 8.42 Å². The number of fused-ring (bicyclic) bond motifs is 9. The number of ketones is 1. The van der Waals surface area contributed by atoms with E-state index < -0.39 is 27.1 Å². The quantitative estimate of drug-likeness (QED) is 0.0979. The first kappa shape index (κ1) is 36.1. The van der Waals surface area contributed by atoms with Crippen LogP contribution in [0, 0.1) is 5.41 Å². The third-order valence-electron chi connectivity index (χ3n) is 10.8. The summed E-state index contributed by atoms with van der Waals surface area (Å²) in [4.78, 5) is 15.2. The van der Waals surface area contributed by atoms with Crippen molar-refractivity contribution in [3.63, 3.8) is 0 Å². The second-order valence-electron chi connectivity index (χ2n) is 14.0. The Kier molecular flexibility index (Phi) is 11.0. The Bertz CT molecular complexity index is 1880. The van der Waals surface area contributed by atoms with E-state index in [4.69, 9.17) is 4.74 Å². The van der Waals surface area contributed by atoms with Crippen molar-refractivity contribution in [2.24, 2.45) is 5.41 Å². The van der Waals surface area contributed by atoms with Crippen LogP contribution in [0.1, 0.15) is 91.1 Å². The fourth-order valence-electron chi connectivity index (χ4n) is 7.92. The van der Waals surface area contributed by atoms with Crippen LogP contribution in [0.15, 0.2) is 81.9 Å². The van der Waals surface area contributed by atoms with Gasteiger partial charge in [0, 0.05) is 42.5 Å². The van der Waals surface area contributed by atoms with Gasteiger partial charge >= 0.3 is 0 Å². The Hall–Kier alpha value is -2.70. The lowest BCUT2D eigenvalue weighted by atomic mass is 9.65. The van der Waals surface area contributed by atoms with Crippen LogP contribution in [0.5, 0.6) is 0 Å². The number of rotatable bonds is 10. The van der Waals surface area contributed by atoms with Gasteiger partial charge in [0.1, 0.15) is 4.21 Å². The second kappa shape index (κ2) is 14.9. The summed E-state index contributed by atoms with van der Waals surface area (Å²) in [6.07, 6.45) is 6.29. The number of aliphatic hydroxyl groups excluding tert-OH is 1. The average molecular weight is 722 g/mol. The molecule has 10 heteroatoms. The molecule has 0 saturated heterocycles. The number of carbonyl (C=O) groups excluding carboxylic acids is 1. The topological polar surface area (TPSA) is 104 Å². The summed E-state index contributed by atoms with van der Waals surface area (Å²) in [6.45, 7) is 4.76. The molecular weight excluding hydrogens is 675 g/mol. The number of nitrogens with zero attached hydrogens (tertiary/aromatic N) is 1. The van der Waals surface area contributed by atoms with Gasteiger partial charge in [-0.15, -0.1) is 22.7 Å². The van der Waals surface area contributed by atoms with Crippen LogP contribution in [-0.2, 0) is 21.2 Å². The first-order valence-electron chi connectivity index (χ1n) is 17.2. The van der Waals surface area contributed by atoms with Gasteiger partial charge in [0.2, 0.25) is 5.78 Å². The van der Waals surface area contributed by atoms with E-state index in [9.17, 15) is 23.4 Å². The van der Waals surface area contributed by atoms with E-state index >= 15 is 0 Å². The molecule has 0 unspecified atom stereocenters. The first-order valence-corrected chi connectivity index (χ1v) is 20.3. The van der Waals surface area contributed by atoms with Crippen molar-refractivity contribution in [3.8, 4) is 0 Å². The molecule has 7 rings (SSSR count). The number of sulfonamides is 1. The summed E-state index contributed by atoms with van der Waals surface area (Å²) in [7, 11) is -2.26. The number of aliphatic hydroxyl groups is 2. The molecule has 2 aromatic carbocycles. The van der Waals surface area contributed by atoms with Gasteiger partial charge in [-0.2, -0.15) is 4.31 Å². The Morgan fingerprint density at radius 2 is 1.90 bits per heavy atom. The molecule has 2 bridgehead atoms. The summed E-state index contributed by atoms with van der Waals surface area (Å²) in [5, 5.41) is 26.6. The van der Waals surface area contributed by atoms with Gasteiger partial charge in [-0.05, 0) is 110 Å². The minimum Gasteiger partial charge on any atom is -0.393 e. The zero-order chi connectivity index (χ0) is 34.8. The molecular formula is C39H47NO6S3. The van der Waals surface area contributed by atoms with E-state index in [-0.39, 0.29) is 29.0 Å². The van der Waals surface area contributed by atoms with Crippen molar-refractivity contribution in [2.75, 3.05) is 26.8 Å². The van der Waals surface area contributed by atoms with Gasteiger partial charge in [-0.1, -0.05) is 55.0 Å². The highest BCUT2D eigenvalue weighted by Crippen LogP contribution is 2.59. The molecule has 2 heterocycles. The lowest BCUT2D eigenvalue weighted by Crippen LogP contribution is -2.54. The molecule has 3 aliphatic carbocycles. The van der Waals surface area contributed by atoms with Crippen LogP contribution >= 0.6 is 22.7 Å². The van der Waals surface area contributed by atoms with E-state index in [1.165, 1.54) is 32.6 Å². The van der Waals surface area contributed by atoms with Crippen molar-refractivity contribution >= 4 is 48.6 Å². The molecule has 49 heavy (non-hydrogen) atoms. The summed E-state index contributed by atoms with van der Waals surface area (Å²) in [5.74, 6) is -0.263. The molecule has 4 aromatic rings. The normalized spacial score (nSPS) is 25.0. The molecule has 1 fully saturated rings. The second-order valence-corrected chi connectivity index (χ2v) is 18.2. The van der Waals surface area contributed by atoms with Crippen LogP contribution in [-0.4, -0.2) is 67.2 Å². The summed E-state index contributed by atoms with van der Waals surface area (Å²) in [6, 6.07) is 19.3. The predicted molar refractivity (Wildman–Crippen MR) is 198 cm³/mol. The lowest BCUT2D eigenvalue weighted by molar-refractivity contribution is -0.0727. The largest absolute Gasteiger partial charge is 0.393 e. The van der Waals surface area contributed by atoms with E-state index in [2.05, 4.69) is 19.9 Å². The minimum absolute atomic E-state index is 0.0451. The van der Waals surface area contributed by atoms with E-state index in [0.29, 0.717) is 62.0 Å². The smallest absolute Gasteiger partial charge is 0.252 e. The van der Waals surface area contributed by atoms with Crippen molar-refractivity contribution in [2.45, 2.75) is 87.0 Å². The van der Waals surface area contributed by atoms with Crippen LogP contribution in [0.3, 0.4) is 0 Å². The highest BCUT2D eigenvalue weighted by Gasteiger charge is 2.58. The summed E-state index contributed by atoms with van der Waals surface area (Å²) >= 11 is 2.66. The zero-order valence-electron chi connectivity index (χ0n) is 28.6. The van der Waals surface area contributed by atoms with E-state index in [0.717, 1.165) is 27.6 Å². The summed E-state index contributed by atoms with van der Waals surface area (Å²) in [5.41, 5.74) is 1.46. The van der Waals surface area contributed by atoms with E-state index in [1.807, 2.05) is 48.5 Å². The molecule has 262 valence electrons. The molecule has 0 amide bonds. The maximum atomic E-state index is 14.5. The predicted octanol–water partition coefficient (Wildman–Crippen LogP) is 7.96. The number of benzene rings is 2. The maximum absolute atomic E-state index is 14.5. The van der Waals surface area contributed by atoms with Crippen molar-refractivity contribution in [1.82, 2.24) is 4.31 Å². The van der Waals surface area contributed by atoms with Crippen LogP contribution in [0.2, 0.25) is 0 Å². The molecule has 3 aliphatic rings. The lowest BCUT2D eigenvalue weighted by Gasteiger charge is -2.46. The number of ether oxygens (including phenoxy) is 1. The Labute approximate surface area is 298 Å². The summed E-state index contributed by atoms with van der Waals surface area (Å²) < 4.78 is 36.1. The van der Waals surface area contributed by atoms with Crippen LogP contribution < -0.4 is 0 Å². The van der Waals surface area contributed by atoms with Crippen LogP contribution in [0.25, 0.3) is 10.1 Å². The molecule has 0 spiro atoms.